The van der Waals surface area contributed by atoms with Gasteiger partial charge in [-0.2, -0.15) is 0 Å². The van der Waals surface area contributed by atoms with Gasteiger partial charge in [0, 0.05) is 14.1 Å². The zero-order valence-corrected chi connectivity index (χ0v) is 13.4. The maximum atomic E-state index is 12.0. The summed E-state index contributed by atoms with van der Waals surface area (Å²) in [7, 11) is -0.308. The first kappa shape index (κ1) is 16.5. The van der Waals surface area contributed by atoms with Gasteiger partial charge in [-0.25, -0.2) is 8.42 Å². The first-order valence-electron chi connectivity index (χ1n) is 6.48. The maximum Gasteiger partial charge on any atom is 0.245 e. The lowest BCUT2D eigenvalue weighted by Crippen LogP contribution is -2.47. The zero-order valence-electron chi connectivity index (χ0n) is 12.6. The van der Waals surface area contributed by atoms with Gasteiger partial charge in [-0.05, 0) is 31.0 Å². The molecule has 5 nitrogen and oxygen atoms in total. The summed E-state index contributed by atoms with van der Waals surface area (Å²) >= 11 is 0. The first-order chi connectivity index (χ1) is 9.18. The molecule has 1 aromatic rings. The van der Waals surface area contributed by atoms with Crippen LogP contribution in [0.4, 0.5) is 5.69 Å². The molecule has 1 atom stereocenters. The lowest BCUT2D eigenvalue weighted by Gasteiger charge is -2.30. The normalized spacial score (nSPS) is 12.8. The molecule has 1 aromatic carbocycles. The Balaban J connectivity index is 3.22. The van der Waals surface area contributed by atoms with E-state index in [0.29, 0.717) is 5.69 Å². The van der Waals surface area contributed by atoms with Crippen LogP contribution < -0.4 is 4.31 Å². The molecular formula is C14H22N2O3S. The van der Waals surface area contributed by atoms with Gasteiger partial charge in [0.2, 0.25) is 15.9 Å². The second-order valence-electron chi connectivity index (χ2n) is 4.99. The lowest BCUT2D eigenvalue weighted by molar-refractivity contribution is -0.129. The summed E-state index contributed by atoms with van der Waals surface area (Å²) in [5.74, 6) is -0.255. The van der Waals surface area contributed by atoms with Crippen molar-refractivity contribution in [3.05, 3.63) is 29.8 Å². The van der Waals surface area contributed by atoms with Crippen LogP contribution in [0, 0.1) is 0 Å². The number of nitrogens with zero attached hydrogens (tertiary/aromatic N) is 2. The molecule has 112 valence electrons. The summed E-state index contributed by atoms with van der Waals surface area (Å²) in [5.41, 5.74) is 1.63. The highest BCUT2D eigenvalue weighted by Gasteiger charge is 2.29. The molecule has 20 heavy (non-hydrogen) atoms. The second-order valence-corrected chi connectivity index (χ2v) is 6.85. The van der Waals surface area contributed by atoms with Crippen LogP contribution in [0.25, 0.3) is 0 Å². The van der Waals surface area contributed by atoms with Crippen LogP contribution >= 0.6 is 0 Å². The highest BCUT2D eigenvalue weighted by molar-refractivity contribution is 7.92. The fraction of sp³-hybridized carbons (Fsp3) is 0.500. The highest BCUT2D eigenvalue weighted by atomic mass is 32.2. The molecule has 0 aromatic heterocycles. The van der Waals surface area contributed by atoms with Gasteiger partial charge >= 0.3 is 0 Å². The summed E-state index contributed by atoms with van der Waals surface area (Å²) in [4.78, 5) is 13.4. The Labute approximate surface area is 121 Å². The van der Waals surface area contributed by atoms with Crippen LogP contribution in [0.2, 0.25) is 0 Å². The van der Waals surface area contributed by atoms with Gasteiger partial charge in [-0.3, -0.25) is 9.10 Å². The number of aryl methyl sites for hydroxylation is 1. The quantitative estimate of drug-likeness (QED) is 0.827. The van der Waals surface area contributed by atoms with Crippen LogP contribution in [0.5, 0.6) is 0 Å². The van der Waals surface area contributed by atoms with Gasteiger partial charge in [0.25, 0.3) is 0 Å². The second kappa shape index (κ2) is 6.26. The molecule has 1 rings (SSSR count). The zero-order chi connectivity index (χ0) is 15.5. The first-order valence-corrected chi connectivity index (χ1v) is 8.32. The van der Waals surface area contributed by atoms with E-state index in [4.69, 9.17) is 0 Å². The standard InChI is InChI=1S/C14H22N2O3S/c1-6-12-7-9-13(10-8-12)16(20(5,18)19)11(2)14(17)15(3)4/h7-11H,6H2,1-5H3. The van der Waals surface area contributed by atoms with Crippen molar-refractivity contribution in [2.75, 3.05) is 24.7 Å². The Kier molecular flexibility index (Phi) is 5.16. The average Bonchev–Trinajstić information content (AvgIpc) is 2.37. The number of benzene rings is 1. The Hall–Kier alpha value is -1.56. The lowest BCUT2D eigenvalue weighted by atomic mass is 10.1. The van der Waals surface area contributed by atoms with E-state index in [-0.39, 0.29) is 5.91 Å². The molecule has 0 radical (unpaired) electrons. The van der Waals surface area contributed by atoms with E-state index in [0.717, 1.165) is 22.5 Å². The van der Waals surface area contributed by atoms with Gasteiger partial charge in [0.15, 0.2) is 0 Å². The molecule has 0 aliphatic carbocycles. The molecule has 0 N–H and O–H groups in total. The van der Waals surface area contributed by atoms with Crippen LogP contribution in [-0.4, -0.2) is 45.6 Å². The summed E-state index contributed by atoms with van der Waals surface area (Å²) < 4.78 is 25.2. The van der Waals surface area contributed by atoms with E-state index < -0.39 is 16.1 Å². The number of hydrogen-bond acceptors (Lipinski definition) is 3. The van der Waals surface area contributed by atoms with E-state index in [1.165, 1.54) is 4.90 Å². The van der Waals surface area contributed by atoms with Gasteiger partial charge in [0.1, 0.15) is 6.04 Å². The number of carbonyl (C=O) groups is 1. The molecule has 1 unspecified atom stereocenters. The van der Waals surface area contributed by atoms with E-state index in [9.17, 15) is 13.2 Å². The average molecular weight is 298 g/mol. The molecule has 0 fully saturated rings. The molecule has 0 heterocycles. The van der Waals surface area contributed by atoms with Crippen LogP contribution in [0.15, 0.2) is 24.3 Å². The molecule has 0 bridgehead atoms. The van der Waals surface area contributed by atoms with E-state index in [2.05, 4.69) is 0 Å². The summed E-state index contributed by atoms with van der Waals surface area (Å²) in [6.07, 6.45) is 1.99. The van der Waals surface area contributed by atoms with Crippen molar-refractivity contribution in [3.8, 4) is 0 Å². The largest absolute Gasteiger partial charge is 0.347 e. The number of carbonyl (C=O) groups excluding carboxylic acids is 1. The van der Waals surface area contributed by atoms with Crippen molar-refractivity contribution in [1.29, 1.82) is 0 Å². The number of anilines is 1. The third-order valence-electron chi connectivity index (χ3n) is 3.11. The Bertz CT molecular complexity index is 565. The van der Waals surface area contributed by atoms with Gasteiger partial charge < -0.3 is 4.90 Å². The van der Waals surface area contributed by atoms with Crippen molar-refractivity contribution in [2.24, 2.45) is 0 Å². The number of hydrogen-bond donors (Lipinski definition) is 0. The fourth-order valence-electron chi connectivity index (χ4n) is 2.05. The summed E-state index contributed by atoms with van der Waals surface area (Å²) in [6, 6.07) is 6.45. The van der Waals surface area contributed by atoms with Crippen molar-refractivity contribution in [1.82, 2.24) is 4.90 Å². The third kappa shape index (κ3) is 3.72. The van der Waals surface area contributed by atoms with E-state index >= 15 is 0 Å². The van der Waals surface area contributed by atoms with Crippen LogP contribution in [-0.2, 0) is 21.2 Å². The molecular weight excluding hydrogens is 276 g/mol. The molecule has 6 heteroatoms. The topological polar surface area (TPSA) is 57.7 Å². The number of rotatable bonds is 5. The van der Waals surface area contributed by atoms with Gasteiger partial charge in [-0.1, -0.05) is 19.1 Å². The van der Waals surface area contributed by atoms with Crippen LogP contribution in [0.1, 0.15) is 19.4 Å². The fourth-order valence-corrected chi connectivity index (χ4v) is 3.22. The summed E-state index contributed by atoms with van der Waals surface area (Å²) in [6.45, 7) is 3.62. The van der Waals surface area contributed by atoms with Crippen molar-refractivity contribution in [3.63, 3.8) is 0 Å². The van der Waals surface area contributed by atoms with Gasteiger partial charge in [0.05, 0.1) is 11.9 Å². The third-order valence-corrected chi connectivity index (χ3v) is 4.35. The van der Waals surface area contributed by atoms with Crippen molar-refractivity contribution in [2.45, 2.75) is 26.3 Å². The number of amides is 1. The smallest absolute Gasteiger partial charge is 0.245 e. The minimum atomic E-state index is -3.53. The predicted molar refractivity (Wildman–Crippen MR) is 81.3 cm³/mol. The number of likely N-dealkylation sites (N-methyl/N-ethyl adjacent to an activating group) is 1. The predicted octanol–water partition coefficient (Wildman–Crippen LogP) is 1.49. The molecule has 0 spiro atoms. The molecule has 1 amide bonds. The molecule has 0 aliphatic heterocycles. The monoisotopic (exact) mass is 298 g/mol. The Morgan fingerprint density at radius 2 is 1.70 bits per heavy atom. The SMILES string of the molecule is CCc1ccc(N(C(C)C(=O)N(C)C)S(C)(=O)=O)cc1. The Morgan fingerprint density at radius 3 is 2.05 bits per heavy atom. The van der Waals surface area contributed by atoms with E-state index in [1.54, 1.807) is 33.2 Å². The minimum Gasteiger partial charge on any atom is -0.347 e. The van der Waals surface area contributed by atoms with Crippen molar-refractivity contribution >= 4 is 21.6 Å². The Morgan fingerprint density at radius 1 is 1.20 bits per heavy atom. The molecule has 0 saturated carbocycles. The maximum absolute atomic E-state index is 12.0. The molecule has 0 saturated heterocycles. The number of sulfonamides is 1. The van der Waals surface area contributed by atoms with Gasteiger partial charge in [-0.15, -0.1) is 0 Å². The van der Waals surface area contributed by atoms with E-state index in [1.807, 2.05) is 19.1 Å². The minimum absolute atomic E-state index is 0.255. The van der Waals surface area contributed by atoms with Crippen molar-refractivity contribution < 1.29 is 13.2 Å². The highest BCUT2D eigenvalue weighted by Crippen LogP contribution is 2.22. The summed E-state index contributed by atoms with van der Waals surface area (Å²) in [5, 5.41) is 0. The molecule has 0 aliphatic rings. The van der Waals surface area contributed by atoms with Crippen LogP contribution in [0.3, 0.4) is 0 Å².